The molecule has 0 unspecified atom stereocenters. The van der Waals surface area contributed by atoms with Crippen LogP contribution in [0.2, 0.25) is 0 Å². The van der Waals surface area contributed by atoms with Crippen molar-refractivity contribution < 1.29 is 14.3 Å². The van der Waals surface area contributed by atoms with Crippen LogP contribution in [0.1, 0.15) is 45.2 Å². The summed E-state index contributed by atoms with van der Waals surface area (Å²) in [6.07, 6.45) is 0.519. The van der Waals surface area contributed by atoms with Gasteiger partial charge in [0.2, 0.25) is 5.91 Å². The quantitative estimate of drug-likeness (QED) is 0.731. The second-order valence-electron chi connectivity index (χ2n) is 8.22. The molecule has 2 aromatic carbocycles. The number of aryl methyl sites for hydroxylation is 1. The highest BCUT2D eigenvalue weighted by molar-refractivity contribution is 5.88. The van der Waals surface area contributed by atoms with E-state index < -0.39 is 6.04 Å². The van der Waals surface area contributed by atoms with Crippen molar-refractivity contribution in [2.75, 3.05) is 6.61 Å². The van der Waals surface area contributed by atoms with Crippen LogP contribution in [0.5, 0.6) is 5.75 Å². The maximum absolute atomic E-state index is 13.1. The summed E-state index contributed by atoms with van der Waals surface area (Å²) in [6.45, 7) is 9.89. The molecule has 1 N–H and O–H groups in total. The minimum absolute atomic E-state index is 0.114. The zero-order chi connectivity index (χ0) is 21.4. The van der Waals surface area contributed by atoms with Crippen LogP contribution < -0.4 is 10.1 Å². The van der Waals surface area contributed by atoms with Gasteiger partial charge in [0.05, 0.1) is 0 Å². The van der Waals surface area contributed by atoms with E-state index in [2.05, 4.69) is 5.32 Å². The molecule has 5 heteroatoms. The first-order valence-electron chi connectivity index (χ1n) is 10.0. The summed E-state index contributed by atoms with van der Waals surface area (Å²) in [5, 5.41) is 3.00. The molecule has 0 aliphatic carbocycles. The number of hydrogen-bond donors (Lipinski definition) is 1. The molecule has 29 heavy (non-hydrogen) atoms. The molecule has 2 amide bonds. The van der Waals surface area contributed by atoms with Crippen molar-refractivity contribution in [3.8, 4) is 5.75 Å². The molecular formula is C24H32N2O3. The first-order valence-corrected chi connectivity index (χ1v) is 10.0. The average Bonchev–Trinajstić information content (AvgIpc) is 2.66. The van der Waals surface area contributed by atoms with Gasteiger partial charge in [0, 0.05) is 12.1 Å². The lowest BCUT2D eigenvalue weighted by molar-refractivity contribution is -0.143. The van der Waals surface area contributed by atoms with E-state index in [0.29, 0.717) is 18.7 Å². The van der Waals surface area contributed by atoms with Crippen LogP contribution in [0.25, 0.3) is 0 Å². The van der Waals surface area contributed by atoms with Crippen molar-refractivity contribution in [2.45, 2.75) is 59.2 Å². The molecule has 0 spiro atoms. The Morgan fingerprint density at radius 1 is 1.03 bits per heavy atom. The van der Waals surface area contributed by atoms with Crippen LogP contribution >= 0.6 is 0 Å². The zero-order valence-corrected chi connectivity index (χ0v) is 18.1. The summed E-state index contributed by atoms with van der Waals surface area (Å²) >= 11 is 0. The topological polar surface area (TPSA) is 58.6 Å². The van der Waals surface area contributed by atoms with E-state index in [1.54, 1.807) is 4.90 Å². The van der Waals surface area contributed by atoms with Gasteiger partial charge < -0.3 is 15.0 Å². The minimum atomic E-state index is -0.567. The Morgan fingerprint density at radius 3 is 2.24 bits per heavy atom. The number of para-hydroxylation sites is 1. The Morgan fingerprint density at radius 2 is 1.66 bits per heavy atom. The lowest BCUT2D eigenvalue weighted by Crippen LogP contribution is -2.54. The Balaban J connectivity index is 2.21. The zero-order valence-electron chi connectivity index (χ0n) is 18.1. The summed E-state index contributed by atoms with van der Waals surface area (Å²) in [5.41, 5.74) is 1.56. The van der Waals surface area contributed by atoms with Gasteiger partial charge in [-0.05, 0) is 51.3 Å². The van der Waals surface area contributed by atoms with Crippen molar-refractivity contribution in [1.29, 1.82) is 0 Å². The molecule has 0 aliphatic rings. The lowest BCUT2D eigenvalue weighted by Gasteiger charge is -2.33. The Bertz CT molecular complexity index is 812. The number of amides is 2. The SMILES string of the molecule is CC[C@H](C(=O)NC(C)(C)C)N(Cc1ccccc1)C(=O)COc1ccccc1C. The highest BCUT2D eigenvalue weighted by Crippen LogP contribution is 2.18. The van der Waals surface area contributed by atoms with Gasteiger partial charge in [0.15, 0.2) is 6.61 Å². The second-order valence-corrected chi connectivity index (χ2v) is 8.22. The van der Waals surface area contributed by atoms with Gasteiger partial charge in [-0.3, -0.25) is 9.59 Å². The van der Waals surface area contributed by atoms with E-state index >= 15 is 0 Å². The largest absolute Gasteiger partial charge is 0.484 e. The van der Waals surface area contributed by atoms with Crippen LogP contribution in [0.15, 0.2) is 54.6 Å². The fourth-order valence-electron chi connectivity index (χ4n) is 3.09. The van der Waals surface area contributed by atoms with E-state index in [4.69, 9.17) is 4.74 Å². The third kappa shape index (κ3) is 6.93. The normalized spacial score (nSPS) is 12.2. The Labute approximate surface area is 174 Å². The molecule has 0 fully saturated rings. The average molecular weight is 397 g/mol. The molecule has 0 bridgehead atoms. The number of nitrogens with zero attached hydrogens (tertiary/aromatic N) is 1. The molecule has 156 valence electrons. The number of benzene rings is 2. The molecule has 2 rings (SSSR count). The molecular weight excluding hydrogens is 364 g/mol. The molecule has 5 nitrogen and oxygen atoms in total. The molecule has 2 aromatic rings. The van der Waals surface area contributed by atoms with Crippen LogP contribution in [0, 0.1) is 6.92 Å². The van der Waals surface area contributed by atoms with Gasteiger partial charge >= 0.3 is 0 Å². The number of hydrogen-bond acceptors (Lipinski definition) is 3. The lowest BCUT2D eigenvalue weighted by atomic mass is 10.1. The Kier molecular flexibility index (Phi) is 7.82. The number of rotatable bonds is 8. The van der Waals surface area contributed by atoms with Gasteiger partial charge in [-0.25, -0.2) is 0 Å². The first-order chi connectivity index (χ1) is 13.7. The van der Waals surface area contributed by atoms with Gasteiger partial charge in [-0.2, -0.15) is 0 Å². The molecule has 1 atom stereocenters. The van der Waals surface area contributed by atoms with Crippen LogP contribution in [-0.4, -0.2) is 34.9 Å². The molecule has 0 radical (unpaired) electrons. The monoisotopic (exact) mass is 396 g/mol. The summed E-state index contributed by atoms with van der Waals surface area (Å²) in [4.78, 5) is 27.7. The maximum atomic E-state index is 13.1. The molecule has 0 aliphatic heterocycles. The maximum Gasteiger partial charge on any atom is 0.261 e. The smallest absolute Gasteiger partial charge is 0.261 e. The third-order valence-corrected chi connectivity index (χ3v) is 4.52. The van der Waals surface area contributed by atoms with E-state index in [-0.39, 0.29) is 24.0 Å². The second kappa shape index (κ2) is 10.1. The molecule has 0 saturated carbocycles. The third-order valence-electron chi connectivity index (χ3n) is 4.52. The summed E-state index contributed by atoms with van der Waals surface area (Å²) < 4.78 is 5.77. The van der Waals surface area contributed by atoms with E-state index in [0.717, 1.165) is 11.1 Å². The van der Waals surface area contributed by atoms with Crippen molar-refractivity contribution in [2.24, 2.45) is 0 Å². The van der Waals surface area contributed by atoms with Gasteiger partial charge in [-0.15, -0.1) is 0 Å². The van der Waals surface area contributed by atoms with Gasteiger partial charge in [0.25, 0.3) is 5.91 Å². The highest BCUT2D eigenvalue weighted by Gasteiger charge is 2.30. The van der Waals surface area contributed by atoms with Crippen molar-refractivity contribution >= 4 is 11.8 Å². The number of nitrogens with one attached hydrogen (secondary N) is 1. The number of ether oxygens (including phenoxy) is 1. The van der Waals surface area contributed by atoms with Gasteiger partial charge in [-0.1, -0.05) is 55.5 Å². The van der Waals surface area contributed by atoms with Crippen molar-refractivity contribution in [1.82, 2.24) is 10.2 Å². The summed E-state index contributed by atoms with van der Waals surface area (Å²) in [6, 6.07) is 16.7. The first kappa shape index (κ1) is 22.5. The summed E-state index contributed by atoms with van der Waals surface area (Å²) in [5.74, 6) is 0.306. The fourth-order valence-corrected chi connectivity index (χ4v) is 3.09. The molecule has 0 saturated heterocycles. The van der Waals surface area contributed by atoms with E-state index in [1.165, 1.54) is 0 Å². The van der Waals surface area contributed by atoms with Crippen LogP contribution in [-0.2, 0) is 16.1 Å². The minimum Gasteiger partial charge on any atom is -0.484 e. The van der Waals surface area contributed by atoms with Crippen LogP contribution in [0.3, 0.4) is 0 Å². The molecule has 0 heterocycles. The number of carbonyl (C=O) groups excluding carboxylic acids is 2. The standard InChI is InChI=1S/C24H32N2O3/c1-6-20(23(28)25-24(3,4)5)26(16-19-13-8-7-9-14-19)22(27)17-29-21-15-11-10-12-18(21)2/h7-15,20H,6,16-17H2,1-5H3,(H,25,28)/t20-/m1/s1. The predicted molar refractivity (Wildman–Crippen MR) is 116 cm³/mol. The van der Waals surface area contributed by atoms with Crippen LogP contribution in [0.4, 0.5) is 0 Å². The van der Waals surface area contributed by atoms with Gasteiger partial charge in [0.1, 0.15) is 11.8 Å². The molecule has 0 aromatic heterocycles. The van der Waals surface area contributed by atoms with Crippen molar-refractivity contribution in [3.63, 3.8) is 0 Å². The predicted octanol–water partition coefficient (Wildman–Crippen LogP) is 4.10. The summed E-state index contributed by atoms with van der Waals surface area (Å²) in [7, 11) is 0. The van der Waals surface area contributed by atoms with Crippen molar-refractivity contribution in [3.05, 3.63) is 65.7 Å². The number of carbonyl (C=O) groups is 2. The highest BCUT2D eigenvalue weighted by atomic mass is 16.5. The fraction of sp³-hybridized carbons (Fsp3) is 0.417. The van der Waals surface area contributed by atoms with E-state index in [1.807, 2.05) is 89.2 Å². The Hall–Kier alpha value is -2.82. The van der Waals surface area contributed by atoms with E-state index in [9.17, 15) is 9.59 Å².